The molecule has 2 nitrogen and oxygen atoms in total. The van der Waals surface area contributed by atoms with Crippen molar-refractivity contribution in [2.75, 3.05) is 26.4 Å². The van der Waals surface area contributed by atoms with Crippen molar-refractivity contribution < 1.29 is 9.47 Å². The van der Waals surface area contributed by atoms with Crippen molar-refractivity contribution in [3.63, 3.8) is 0 Å². The van der Waals surface area contributed by atoms with E-state index in [-0.39, 0.29) is 0 Å². The molecule has 0 heterocycles. The van der Waals surface area contributed by atoms with Crippen LogP contribution in [0.2, 0.25) is 0 Å². The molecule has 0 fully saturated rings. The Bertz CT molecular complexity index is 121. The first-order valence-electron chi connectivity index (χ1n) is 3.97. The predicted molar refractivity (Wildman–Crippen MR) is 45.4 cm³/mol. The Balaban J connectivity index is 2.83. The van der Waals surface area contributed by atoms with E-state index in [4.69, 9.17) is 9.47 Å². The highest BCUT2D eigenvalue weighted by Gasteiger charge is 1.85. The Morgan fingerprint density at radius 1 is 1.09 bits per heavy atom. The third kappa shape index (κ3) is 9.48. The summed E-state index contributed by atoms with van der Waals surface area (Å²) in [4.78, 5) is 0. The van der Waals surface area contributed by atoms with Crippen molar-refractivity contribution >= 4 is 0 Å². The van der Waals surface area contributed by atoms with Gasteiger partial charge in [0, 0.05) is 6.61 Å². The minimum atomic E-state index is 0.520. The van der Waals surface area contributed by atoms with Crippen LogP contribution in [-0.2, 0) is 9.47 Å². The van der Waals surface area contributed by atoms with E-state index >= 15 is 0 Å². The Morgan fingerprint density at radius 2 is 1.82 bits per heavy atom. The van der Waals surface area contributed by atoms with Gasteiger partial charge in [-0.05, 0) is 13.3 Å². The molecule has 0 aromatic heterocycles. The van der Waals surface area contributed by atoms with Crippen LogP contribution in [-0.4, -0.2) is 26.4 Å². The van der Waals surface area contributed by atoms with Gasteiger partial charge in [-0.25, -0.2) is 0 Å². The molecular weight excluding hydrogens is 140 g/mol. The second-order valence-corrected chi connectivity index (χ2v) is 2.09. The van der Waals surface area contributed by atoms with Gasteiger partial charge in [0.1, 0.15) is 6.61 Å². The number of ether oxygens (including phenoxy) is 2. The van der Waals surface area contributed by atoms with Crippen molar-refractivity contribution in [3.8, 4) is 11.8 Å². The summed E-state index contributed by atoms with van der Waals surface area (Å²) in [5.41, 5.74) is 0. The molecule has 0 bridgehead atoms. The lowest BCUT2D eigenvalue weighted by molar-refractivity contribution is 0.0604. The lowest BCUT2D eigenvalue weighted by atomic mass is 10.5. The average Bonchev–Trinajstić information content (AvgIpc) is 2.03. The molecule has 0 amide bonds. The molecular formula is C9H16O2. The first kappa shape index (κ1) is 10.5. The molecule has 0 unspecified atom stereocenters. The molecule has 0 radical (unpaired) electrons. The zero-order valence-electron chi connectivity index (χ0n) is 7.35. The van der Waals surface area contributed by atoms with Crippen LogP contribution >= 0.6 is 0 Å². The Morgan fingerprint density at radius 3 is 2.45 bits per heavy atom. The van der Waals surface area contributed by atoms with Gasteiger partial charge in [-0.3, -0.25) is 0 Å². The van der Waals surface area contributed by atoms with Crippen molar-refractivity contribution in [2.24, 2.45) is 0 Å². The lowest BCUT2D eigenvalue weighted by Crippen LogP contribution is -2.04. The standard InChI is InChI=1S/C9H16O2/c1-3-5-7-11-9-8-10-6-4-2/h4,6-9H2,1-2H3. The molecule has 64 valence electrons. The smallest absolute Gasteiger partial charge is 0.107 e. The van der Waals surface area contributed by atoms with E-state index in [0.29, 0.717) is 19.8 Å². The van der Waals surface area contributed by atoms with Crippen LogP contribution in [0, 0.1) is 11.8 Å². The van der Waals surface area contributed by atoms with Crippen LogP contribution in [0.1, 0.15) is 20.3 Å². The second-order valence-electron chi connectivity index (χ2n) is 2.09. The SMILES string of the molecule is CC#CCOCCOCCC. The number of hydrogen-bond donors (Lipinski definition) is 0. The van der Waals surface area contributed by atoms with Crippen molar-refractivity contribution in [2.45, 2.75) is 20.3 Å². The van der Waals surface area contributed by atoms with Crippen LogP contribution in [0.25, 0.3) is 0 Å². The molecule has 0 aromatic carbocycles. The zero-order chi connectivity index (χ0) is 8.36. The van der Waals surface area contributed by atoms with Gasteiger partial charge in [0.15, 0.2) is 0 Å². The van der Waals surface area contributed by atoms with Crippen LogP contribution in [0.4, 0.5) is 0 Å². The summed E-state index contributed by atoms with van der Waals surface area (Å²) in [6, 6.07) is 0. The second kappa shape index (κ2) is 9.48. The van der Waals surface area contributed by atoms with E-state index in [0.717, 1.165) is 13.0 Å². The van der Waals surface area contributed by atoms with E-state index < -0.39 is 0 Å². The van der Waals surface area contributed by atoms with Crippen LogP contribution in [0.5, 0.6) is 0 Å². The van der Waals surface area contributed by atoms with Crippen molar-refractivity contribution in [3.05, 3.63) is 0 Å². The normalized spacial score (nSPS) is 8.91. The quantitative estimate of drug-likeness (QED) is 0.428. The molecule has 2 heteroatoms. The number of hydrogen-bond acceptors (Lipinski definition) is 2. The average molecular weight is 156 g/mol. The number of rotatable bonds is 6. The highest BCUT2D eigenvalue weighted by molar-refractivity contribution is 4.94. The van der Waals surface area contributed by atoms with Gasteiger partial charge in [-0.2, -0.15) is 0 Å². The highest BCUT2D eigenvalue weighted by atomic mass is 16.5. The van der Waals surface area contributed by atoms with Gasteiger partial charge in [0.2, 0.25) is 0 Å². The molecule has 11 heavy (non-hydrogen) atoms. The molecule has 0 aliphatic rings. The predicted octanol–water partition coefficient (Wildman–Crippen LogP) is 1.45. The fraction of sp³-hybridized carbons (Fsp3) is 0.778. The summed E-state index contributed by atoms with van der Waals surface area (Å²) >= 11 is 0. The maximum Gasteiger partial charge on any atom is 0.107 e. The molecule has 0 N–H and O–H groups in total. The van der Waals surface area contributed by atoms with Crippen LogP contribution in [0.3, 0.4) is 0 Å². The Labute approximate surface area is 68.9 Å². The maximum atomic E-state index is 5.19. The molecule has 0 saturated heterocycles. The summed E-state index contributed by atoms with van der Waals surface area (Å²) in [5, 5.41) is 0. The van der Waals surface area contributed by atoms with Crippen LogP contribution in [0.15, 0.2) is 0 Å². The molecule has 0 aromatic rings. The van der Waals surface area contributed by atoms with Gasteiger partial charge in [0.05, 0.1) is 13.2 Å². The topological polar surface area (TPSA) is 18.5 Å². The van der Waals surface area contributed by atoms with E-state index in [2.05, 4.69) is 18.8 Å². The fourth-order valence-electron chi connectivity index (χ4n) is 0.560. The van der Waals surface area contributed by atoms with Gasteiger partial charge in [-0.15, -0.1) is 5.92 Å². The first-order chi connectivity index (χ1) is 5.41. The maximum absolute atomic E-state index is 5.19. The minimum absolute atomic E-state index is 0.520. The largest absolute Gasteiger partial charge is 0.379 e. The monoisotopic (exact) mass is 156 g/mol. The minimum Gasteiger partial charge on any atom is -0.379 e. The summed E-state index contributed by atoms with van der Waals surface area (Å²) in [7, 11) is 0. The summed E-state index contributed by atoms with van der Waals surface area (Å²) in [5.74, 6) is 5.57. The molecule has 0 atom stereocenters. The van der Waals surface area contributed by atoms with Gasteiger partial charge >= 0.3 is 0 Å². The van der Waals surface area contributed by atoms with Gasteiger partial charge in [-0.1, -0.05) is 12.8 Å². The highest BCUT2D eigenvalue weighted by Crippen LogP contribution is 1.80. The third-order valence-corrected chi connectivity index (χ3v) is 1.07. The van der Waals surface area contributed by atoms with E-state index in [1.807, 2.05) is 0 Å². The summed E-state index contributed by atoms with van der Waals surface area (Å²) in [6.45, 7) is 6.56. The van der Waals surface area contributed by atoms with E-state index in [1.54, 1.807) is 6.92 Å². The molecule has 0 aliphatic carbocycles. The van der Waals surface area contributed by atoms with Crippen molar-refractivity contribution in [1.29, 1.82) is 0 Å². The van der Waals surface area contributed by atoms with E-state index in [1.165, 1.54) is 0 Å². The molecule has 0 spiro atoms. The van der Waals surface area contributed by atoms with Crippen LogP contribution < -0.4 is 0 Å². The first-order valence-corrected chi connectivity index (χ1v) is 3.97. The van der Waals surface area contributed by atoms with Gasteiger partial charge in [0.25, 0.3) is 0 Å². The molecule has 0 saturated carbocycles. The zero-order valence-corrected chi connectivity index (χ0v) is 7.35. The lowest BCUT2D eigenvalue weighted by Gasteiger charge is -2.00. The fourth-order valence-corrected chi connectivity index (χ4v) is 0.560. The summed E-state index contributed by atoms with van der Waals surface area (Å²) in [6.07, 6.45) is 1.06. The Hall–Kier alpha value is -0.520. The van der Waals surface area contributed by atoms with E-state index in [9.17, 15) is 0 Å². The third-order valence-electron chi connectivity index (χ3n) is 1.07. The van der Waals surface area contributed by atoms with Gasteiger partial charge < -0.3 is 9.47 Å². The molecule has 0 rings (SSSR count). The molecule has 0 aliphatic heterocycles. The van der Waals surface area contributed by atoms with Crippen molar-refractivity contribution in [1.82, 2.24) is 0 Å². The Kier molecular flexibility index (Phi) is 9.03. The summed E-state index contributed by atoms with van der Waals surface area (Å²) < 4.78 is 10.3.